The summed E-state index contributed by atoms with van der Waals surface area (Å²) in [5.41, 5.74) is 0.787. The maximum Gasteiger partial charge on any atom is 0.335 e. The number of hydrogen-bond acceptors (Lipinski definition) is 7. The molecule has 1 unspecified atom stereocenters. The highest BCUT2D eigenvalue weighted by Gasteiger charge is 2.44. The van der Waals surface area contributed by atoms with Crippen LogP contribution in [-0.4, -0.2) is 28.7 Å². The SMILES string of the molecule is O=C(Oc1c(-c2ccco2)oc2ccccc2c1=O)C(Cc1ccccc1)N1C(=O)c2ccccc2C1=O. The zero-order chi connectivity index (χ0) is 26.2. The number of imide groups is 1. The molecule has 3 aromatic carbocycles. The molecule has 0 saturated heterocycles. The van der Waals surface area contributed by atoms with Gasteiger partial charge in [0.25, 0.3) is 11.8 Å². The van der Waals surface area contributed by atoms with Crippen LogP contribution >= 0.6 is 0 Å². The van der Waals surface area contributed by atoms with Crippen LogP contribution in [-0.2, 0) is 11.2 Å². The molecule has 0 saturated carbocycles. The maximum atomic E-state index is 13.8. The van der Waals surface area contributed by atoms with E-state index in [0.717, 1.165) is 4.90 Å². The van der Waals surface area contributed by atoms with Crippen LogP contribution in [0.1, 0.15) is 26.3 Å². The normalized spacial score (nSPS) is 13.5. The standard InChI is InChI=1S/C30H19NO7/c32-25-21-13-6-7-14-23(21)37-26(24-15-8-16-36-24)27(25)38-30(35)22(17-18-9-2-1-3-10-18)31-28(33)19-11-4-5-12-20(19)29(31)34/h1-16,22H,17H2. The molecule has 8 nitrogen and oxygen atoms in total. The van der Waals surface area contributed by atoms with Crippen molar-refractivity contribution in [3.05, 3.63) is 124 Å². The van der Waals surface area contributed by atoms with Gasteiger partial charge in [-0.05, 0) is 42.0 Å². The molecule has 6 rings (SSSR count). The minimum absolute atomic E-state index is 0.0137. The first-order chi connectivity index (χ1) is 18.5. The summed E-state index contributed by atoms with van der Waals surface area (Å²) in [6.07, 6.45) is 1.38. The lowest BCUT2D eigenvalue weighted by atomic mass is 10.0. The summed E-state index contributed by atoms with van der Waals surface area (Å²) in [5, 5.41) is 0.200. The number of carbonyl (C=O) groups is 3. The van der Waals surface area contributed by atoms with E-state index in [1.54, 1.807) is 72.8 Å². The lowest BCUT2D eigenvalue weighted by molar-refractivity contribution is -0.138. The van der Waals surface area contributed by atoms with Crippen molar-refractivity contribution in [1.29, 1.82) is 0 Å². The Morgan fingerprint density at radius 3 is 2.13 bits per heavy atom. The van der Waals surface area contributed by atoms with Crippen molar-refractivity contribution in [3.63, 3.8) is 0 Å². The second kappa shape index (κ2) is 9.33. The van der Waals surface area contributed by atoms with Gasteiger partial charge in [-0.15, -0.1) is 0 Å². The van der Waals surface area contributed by atoms with E-state index in [1.807, 2.05) is 6.07 Å². The number of rotatable bonds is 6. The Kier molecular flexibility index (Phi) is 5.69. The molecule has 0 bridgehead atoms. The van der Waals surface area contributed by atoms with Crippen molar-refractivity contribution in [2.45, 2.75) is 12.5 Å². The van der Waals surface area contributed by atoms with Crippen molar-refractivity contribution in [2.24, 2.45) is 0 Å². The Hall–Kier alpha value is -5.24. The Morgan fingerprint density at radius 1 is 0.789 bits per heavy atom. The second-order valence-corrected chi connectivity index (χ2v) is 8.72. The third-order valence-electron chi connectivity index (χ3n) is 6.38. The quantitative estimate of drug-likeness (QED) is 0.239. The summed E-state index contributed by atoms with van der Waals surface area (Å²) in [7, 11) is 0. The number of benzene rings is 3. The molecule has 38 heavy (non-hydrogen) atoms. The topological polar surface area (TPSA) is 107 Å². The summed E-state index contributed by atoms with van der Waals surface area (Å²) in [4.78, 5) is 54.7. The molecule has 2 amide bonds. The van der Waals surface area contributed by atoms with Gasteiger partial charge in [0, 0.05) is 6.42 Å². The minimum Gasteiger partial charge on any atom is -0.461 e. The molecule has 0 aliphatic carbocycles. The molecule has 0 spiro atoms. The molecular formula is C30H19NO7. The van der Waals surface area contributed by atoms with Gasteiger partial charge < -0.3 is 13.6 Å². The Bertz CT molecular complexity index is 1720. The fraction of sp³-hybridized carbons (Fsp3) is 0.0667. The van der Waals surface area contributed by atoms with Crippen LogP contribution in [0.3, 0.4) is 0 Å². The van der Waals surface area contributed by atoms with Crippen LogP contribution in [0.15, 0.2) is 111 Å². The molecule has 3 heterocycles. The Balaban J connectivity index is 1.45. The first-order valence-electron chi connectivity index (χ1n) is 11.8. The van der Waals surface area contributed by atoms with Crippen molar-refractivity contribution in [3.8, 4) is 17.3 Å². The van der Waals surface area contributed by atoms with Crippen LogP contribution < -0.4 is 10.2 Å². The minimum atomic E-state index is -1.35. The molecule has 2 aromatic heterocycles. The van der Waals surface area contributed by atoms with E-state index >= 15 is 0 Å². The first-order valence-corrected chi connectivity index (χ1v) is 11.8. The van der Waals surface area contributed by atoms with Gasteiger partial charge >= 0.3 is 5.97 Å². The molecule has 0 fully saturated rings. The van der Waals surface area contributed by atoms with E-state index in [0.29, 0.717) is 5.56 Å². The van der Waals surface area contributed by atoms with Gasteiger partial charge in [-0.2, -0.15) is 0 Å². The summed E-state index contributed by atoms with van der Waals surface area (Å²) < 4.78 is 17.1. The number of carbonyl (C=O) groups excluding carboxylic acids is 3. The van der Waals surface area contributed by atoms with Crippen LogP contribution in [0.25, 0.3) is 22.5 Å². The van der Waals surface area contributed by atoms with Gasteiger partial charge in [0.2, 0.25) is 16.9 Å². The second-order valence-electron chi connectivity index (χ2n) is 8.72. The lowest BCUT2D eigenvalue weighted by Crippen LogP contribution is -2.48. The van der Waals surface area contributed by atoms with E-state index < -0.39 is 35.0 Å². The fourth-order valence-corrected chi connectivity index (χ4v) is 4.56. The molecule has 1 atom stereocenters. The smallest absolute Gasteiger partial charge is 0.335 e. The van der Waals surface area contributed by atoms with Crippen molar-refractivity contribution >= 4 is 28.8 Å². The Labute approximate surface area is 215 Å². The number of ether oxygens (including phenoxy) is 1. The average Bonchev–Trinajstić information content (AvgIpc) is 3.57. The largest absolute Gasteiger partial charge is 0.461 e. The summed E-state index contributed by atoms with van der Waals surface area (Å²) in [6, 6.07) is 23.7. The average molecular weight is 505 g/mol. The molecule has 8 heteroatoms. The van der Waals surface area contributed by atoms with E-state index in [-0.39, 0.29) is 40.0 Å². The maximum absolute atomic E-state index is 13.8. The van der Waals surface area contributed by atoms with Crippen LogP contribution in [0.5, 0.6) is 5.75 Å². The molecule has 186 valence electrons. The number of amides is 2. The fourth-order valence-electron chi connectivity index (χ4n) is 4.56. The number of fused-ring (bicyclic) bond motifs is 2. The first kappa shape index (κ1) is 23.2. The summed E-state index contributed by atoms with van der Waals surface area (Å²) in [6.45, 7) is 0. The highest BCUT2D eigenvalue weighted by atomic mass is 16.5. The highest BCUT2D eigenvalue weighted by molar-refractivity contribution is 6.22. The zero-order valence-electron chi connectivity index (χ0n) is 19.8. The van der Waals surface area contributed by atoms with Crippen molar-refractivity contribution < 1.29 is 28.0 Å². The molecule has 5 aromatic rings. The van der Waals surface area contributed by atoms with Gasteiger partial charge in [-0.1, -0.05) is 54.6 Å². The van der Waals surface area contributed by atoms with Gasteiger partial charge in [0.15, 0.2) is 5.76 Å². The summed E-state index contributed by atoms with van der Waals surface area (Å²) >= 11 is 0. The van der Waals surface area contributed by atoms with Gasteiger partial charge in [-0.3, -0.25) is 19.3 Å². The molecule has 1 aliphatic rings. The van der Waals surface area contributed by atoms with E-state index in [2.05, 4.69) is 0 Å². The third-order valence-corrected chi connectivity index (χ3v) is 6.38. The van der Waals surface area contributed by atoms with Crippen LogP contribution in [0, 0.1) is 0 Å². The molecule has 0 N–H and O–H groups in total. The van der Waals surface area contributed by atoms with E-state index in [1.165, 1.54) is 18.4 Å². The van der Waals surface area contributed by atoms with Crippen LogP contribution in [0.2, 0.25) is 0 Å². The molecule has 0 radical (unpaired) electrons. The third kappa shape index (κ3) is 3.88. The molecular weight excluding hydrogens is 486 g/mol. The lowest BCUT2D eigenvalue weighted by Gasteiger charge is -2.24. The van der Waals surface area contributed by atoms with Crippen LogP contribution in [0.4, 0.5) is 0 Å². The predicted molar refractivity (Wildman–Crippen MR) is 137 cm³/mol. The number of furan rings is 1. The number of esters is 1. The molecule has 1 aliphatic heterocycles. The van der Waals surface area contributed by atoms with Crippen molar-refractivity contribution in [2.75, 3.05) is 0 Å². The van der Waals surface area contributed by atoms with E-state index in [4.69, 9.17) is 13.6 Å². The van der Waals surface area contributed by atoms with Gasteiger partial charge in [0.1, 0.15) is 11.6 Å². The number of nitrogens with zero attached hydrogens (tertiary/aromatic N) is 1. The monoisotopic (exact) mass is 505 g/mol. The number of para-hydroxylation sites is 1. The number of hydrogen-bond donors (Lipinski definition) is 0. The highest BCUT2D eigenvalue weighted by Crippen LogP contribution is 2.32. The zero-order valence-corrected chi connectivity index (χ0v) is 19.8. The van der Waals surface area contributed by atoms with Gasteiger partial charge in [0.05, 0.1) is 22.8 Å². The van der Waals surface area contributed by atoms with E-state index in [9.17, 15) is 19.2 Å². The summed E-state index contributed by atoms with van der Waals surface area (Å²) in [5.74, 6) is -2.47. The Morgan fingerprint density at radius 2 is 1.45 bits per heavy atom. The van der Waals surface area contributed by atoms with Crippen molar-refractivity contribution in [1.82, 2.24) is 4.90 Å². The van der Waals surface area contributed by atoms with Gasteiger partial charge in [-0.25, -0.2) is 4.79 Å². The predicted octanol–water partition coefficient (Wildman–Crippen LogP) is 4.87.